The van der Waals surface area contributed by atoms with Crippen LogP contribution in [0.4, 0.5) is 0 Å². The number of amides is 1. The molecule has 2 atom stereocenters. The lowest BCUT2D eigenvalue weighted by Crippen LogP contribution is -2.50. The van der Waals surface area contributed by atoms with Crippen molar-refractivity contribution in [1.82, 2.24) is 10.2 Å². The highest BCUT2D eigenvalue weighted by atomic mass is 16.1. The summed E-state index contributed by atoms with van der Waals surface area (Å²) in [5, 5.41) is 3.03. The zero-order chi connectivity index (χ0) is 15.8. The summed E-state index contributed by atoms with van der Waals surface area (Å²) in [6, 6.07) is 0.608. The Morgan fingerprint density at radius 3 is 2.30 bits per heavy atom. The molecular weight excluding hydrogens is 250 g/mol. The summed E-state index contributed by atoms with van der Waals surface area (Å²) in [6.45, 7) is 14.2. The molecule has 0 saturated carbocycles. The van der Waals surface area contributed by atoms with Gasteiger partial charge < -0.3 is 11.1 Å². The number of nitrogens with one attached hydrogen (secondary N) is 1. The van der Waals surface area contributed by atoms with Gasteiger partial charge in [0.05, 0.1) is 0 Å². The number of nitrogens with two attached hydrogens (primary N) is 1. The quantitative estimate of drug-likeness (QED) is 0.684. The van der Waals surface area contributed by atoms with Crippen LogP contribution in [0.15, 0.2) is 0 Å². The second kappa shape index (κ2) is 9.35. The Morgan fingerprint density at radius 1 is 1.30 bits per heavy atom. The molecule has 0 aromatic carbocycles. The highest BCUT2D eigenvalue weighted by molar-refractivity contribution is 5.77. The molecule has 2 unspecified atom stereocenters. The minimum Gasteiger partial charge on any atom is -0.351 e. The van der Waals surface area contributed by atoms with Gasteiger partial charge in [-0.3, -0.25) is 9.69 Å². The molecule has 0 fully saturated rings. The first kappa shape index (κ1) is 19.4. The molecule has 0 heterocycles. The van der Waals surface area contributed by atoms with E-state index in [0.29, 0.717) is 19.0 Å². The van der Waals surface area contributed by atoms with Gasteiger partial charge in [-0.05, 0) is 47.1 Å². The van der Waals surface area contributed by atoms with Crippen molar-refractivity contribution in [3.8, 4) is 0 Å². The molecule has 1 amide bonds. The molecule has 0 saturated heterocycles. The Labute approximate surface area is 125 Å². The Kier molecular flexibility index (Phi) is 9.06. The van der Waals surface area contributed by atoms with E-state index < -0.39 is 0 Å². The molecule has 3 N–H and O–H groups in total. The van der Waals surface area contributed by atoms with Crippen LogP contribution in [0.25, 0.3) is 0 Å². The molecule has 0 aromatic rings. The number of carbonyl (C=O) groups is 1. The van der Waals surface area contributed by atoms with Crippen LogP contribution in [-0.2, 0) is 4.79 Å². The molecule has 0 aliphatic carbocycles. The van der Waals surface area contributed by atoms with Crippen molar-refractivity contribution >= 4 is 5.91 Å². The minimum atomic E-state index is -0.180. The molecule has 0 aromatic heterocycles. The van der Waals surface area contributed by atoms with Crippen LogP contribution >= 0.6 is 0 Å². The Morgan fingerprint density at radius 2 is 1.90 bits per heavy atom. The SMILES string of the molecule is CCCCN(C(C)CC)C(CN)CC(=O)NC(C)(C)C. The largest absolute Gasteiger partial charge is 0.351 e. The minimum absolute atomic E-state index is 0.0951. The summed E-state index contributed by atoms with van der Waals surface area (Å²) in [5.74, 6) is 0.0951. The van der Waals surface area contributed by atoms with Gasteiger partial charge in [-0.15, -0.1) is 0 Å². The van der Waals surface area contributed by atoms with E-state index in [1.54, 1.807) is 0 Å². The van der Waals surface area contributed by atoms with Crippen LogP contribution in [0, 0.1) is 0 Å². The van der Waals surface area contributed by atoms with Crippen molar-refractivity contribution < 1.29 is 4.79 Å². The van der Waals surface area contributed by atoms with Gasteiger partial charge in [0, 0.05) is 30.6 Å². The number of carbonyl (C=O) groups excluding carboxylic acids is 1. The van der Waals surface area contributed by atoms with E-state index in [9.17, 15) is 4.79 Å². The van der Waals surface area contributed by atoms with Crippen molar-refractivity contribution in [2.24, 2.45) is 5.73 Å². The summed E-state index contributed by atoms with van der Waals surface area (Å²) in [7, 11) is 0. The maximum Gasteiger partial charge on any atom is 0.222 e. The molecule has 4 nitrogen and oxygen atoms in total. The molecule has 0 aliphatic rings. The van der Waals surface area contributed by atoms with Gasteiger partial charge in [-0.1, -0.05) is 20.3 Å². The monoisotopic (exact) mass is 285 g/mol. The second-order valence-electron chi connectivity index (χ2n) is 6.74. The average Bonchev–Trinajstić information content (AvgIpc) is 2.34. The predicted molar refractivity (Wildman–Crippen MR) is 86.7 cm³/mol. The Hall–Kier alpha value is -0.610. The third-order valence-corrected chi connectivity index (χ3v) is 3.60. The van der Waals surface area contributed by atoms with Crippen molar-refractivity contribution in [2.75, 3.05) is 13.1 Å². The summed E-state index contributed by atoms with van der Waals surface area (Å²) >= 11 is 0. The smallest absolute Gasteiger partial charge is 0.222 e. The number of hydrogen-bond acceptors (Lipinski definition) is 3. The van der Waals surface area contributed by atoms with Gasteiger partial charge in [-0.2, -0.15) is 0 Å². The van der Waals surface area contributed by atoms with Gasteiger partial charge >= 0.3 is 0 Å². The van der Waals surface area contributed by atoms with Crippen LogP contribution in [-0.4, -0.2) is 41.5 Å². The molecule has 20 heavy (non-hydrogen) atoms. The molecular formula is C16H35N3O. The van der Waals surface area contributed by atoms with Gasteiger partial charge in [0.2, 0.25) is 5.91 Å². The van der Waals surface area contributed by atoms with E-state index in [1.807, 2.05) is 20.8 Å². The Balaban J connectivity index is 4.68. The first-order valence-electron chi connectivity index (χ1n) is 8.01. The van der Waals surface area contributed by atoms with E-state index >= 15 is 0 Å². The normalized spacial score (nSPS) is 15.2. The molecule has 0 rings (SSSR count). The van der Waals surface area contributed by atoms with Crippen LogP contribution in [0.3, 0.4) is 0 Å². The fraction of sp³-hybridized carbons (Fsp3) is 0.938. The lowest BCUT2D eigenvalue weighted by molar-refractivity contribution is -0.123. The number of unbranched alkanes of at least 4 members (excludes halogenated alkanes) is 1. The maximum absolute atomic E-state index is 12.1. The first-order chi connectivity index (χ1) is 9.25. The molecule has 120 valence electrons. The molecule has 4 heteroatoms. The zero-order valence-corrected chi connectivity index (χ0v) is 14.3. The highest BCUT2D eigenvalue weighted by Gasteiger charge is 2.25. The summed E-state index contributed by atoms with van der Waals surface area (Å²) in [6.07, 6.45) is 3.89. The lowest BCUT2D eigenvalue weighted by atomic mass is 10.0. The highest BCUT2D eigenvalue weighted by Crippen LogP contribution is 2.13. The predicted octanol–water partition coefficient (Wildman–Crippen LogP) is 2.52. The fourth-order valence-electron chi connectivity index (χ4n) is 2.36. The summed E-state index contributed by atoms with van der Waals surface area (Å²) in [5.41, 5.74) is 5.75. The summed E-state index contributed by atoms with van der Waals surface area (Å²) < 4.78 is 0. The van der Waals surface area contributed by atoms with Crippen molar-refractivity contribution in [1.29, 1.82) is 0 Å². The molecule has 0 radical (unpaired) electrons. The lowest BCUT2D eigenvalue weighted by Gasteiger charge is -2.36. The van der Waals surface area contributed by atoms with Gasteiger partial charge in [0.1, 0.15) is 0 Å². The topological polar surface area (TPSA) is 58.4 Å². The average molecular weight is 285 g/mol. The molecule has 0 spiro atoms. The van der Waals surface area contributed by atoms with Crippen LogP contribution in [0.1, 0.15) is 67.2 Å². The molecule has 0 bridgehead atoms. The van der Waals surface area contributed by atoms with Crippen LogP contribution < -0.4 is 11.1 Å². The third kappa shape index (κ3) is 7.85. The van der Waals surface area contributed by atoms with E-state index in [4.69, 9.17) is 5.73 Å². The number of hydrogen-bond donors (Lipinski definition) is 2. The van der Waals surface area contributed by atoms with E-state index in [0.717, 1.165) is 19.4 Å². The standard InChI is InChI=1S/C16H35N3O/c1-7-9-10-19(13(3)8-2)14(12-17)11-15(20)18-16(4,5)6/h13-14H,7-12,17H2,1-6H3,(H,18,20). The second-order valence-corrected chi connectivity index (χ2v) is 6.74. The zero-order valence-electron chi connectivity index (χ0n) is 14.3. The number of rotatable bonds is 9. The van der Waals surface area contributed by atoms with Crippen molar-refractivity contribution in [3.05, 3.63) is 0 Å². The van der Waals surface area contributed by atoms with Crippen LogP contribution in [0.5, 0.6) is 0 Å². The van der Waals surface area contributed by atoms with Crippen molar-refractivity contribution in [3.63, 3.8) is 0 Å². The van der Waals surface area contributed by atoms with E-state index in [1.165, 1.54) is 6.42 Å². The Bertz CT molecular complexity index is 273. The van der Waals surface area contributed by atoms with Crippen molar-refractivity contribution in [2.45, 2.75) is 84.8 Å². The third-order valence-electron chi connectivity index (χ3n) is 3.60. The fourth-order valence-corrected chi connectivity index (χ4v) is 2.36. The number of nitrogens with zero attached hydrogens (tertiary/aromatic N) is 1. The van der Waals surface area contributed by atoms with Gasteiger partial charge in [0.25, 0.3) is 0 Å². The van der Waals surface area contributed by atoms with Crippen LogP contribution in [0.2, 0.25) is 0 Å². The van der Waals surface area contributed by atoms with Gasteiger partial charge in [-0.25, -0.2) is 0 Å². The van der Waals surface area contributed by atoms with E-state index in [2.05, 4.69) is 31.0 Å². The van der Waals surface area contributed by atoms with E-state index in [-0.39, 0.29) is 17.5 Å². The maximum atomic E-state index is 12.1. The first-order valence-corrected chi connectivity index (χ1v) is 8.01. The molecule has 0 aliphatic heterocycles. The summed E-state index contributed by atoms with van der Waals surface area (Å²) in [4.78, 5) is 14.5. The van der Waals surface area contributed by atoms with Gasteiger partial charge in [0.15, 0.2) is 0 Å².